The second kappa shape index (κ2) is 8.31. The third kappa shape index (κ3) is 4.17. The maximum atomic E-state index is 13.0. The normalized spacial score (nSPS) is 18.2. The fourth-order valence-electron chi connectivity index (χ4n) is 3.80. The zero-order chi connectivity index (χ0) is 21.3. The number of imidazole rings is 1. The minimum atomic E-state index is -3.61. The molecule has 1 aliphatic heterocycles. The highest BCUT2D eigenvalue weighted by atomic mass is 32.2. The zero-order valence-corrected chi connectivity index (χ0v) is 18.3. The van der Waals surface area contributed by atoms with Crippen LogP contribution in [0.2, 0.25) is 0 Å². The maximum absolute atomic E-state index is 13.0. The van der Waals surface area contributed by atoms with E-state index in [1.165, 1.54) is 4.31 Å². The molecular weight excluding hydrogens is 402 g/mol. The van der Waals surface area contributed by atoms with Gasteiger partial charge < -0.3 is 9.09 Å². The molecule has 0 bridgehead atoms. The lowest BCUT2D eigenvalue weighted by Gasteiger charge is -2.30. The van der Waals surface area contributed by atoms with Crippen molar-refractivity contribution in [3.63, 3.8) is 0 Å². The Bertz CT molecular complexity index is 1120. The molecule has 9 heteroatoms. The third-order valence-corrected chi connectivity index (χ3v) is 7.33. The lowest BCUT2D eigenvalue weighted by Crippen LogP contribution is -2.40. The quantitative estimate of drug-likeness (QED) is 0.596. The molecule has 1 fully saturated rings. The lowest BCUT2D eigenvalue weighted by atomic mass is 9.96. The van der Waals surface area contributed by atoms with Gasteiger partial charge in [0.25, 0.3) is 10.0 Å². The highest BCUT2D eigenvalue weighted by Crippen LogP contribution is 2.27. The number of nitrogens with zero attached hydrogens (tertiary/aromatic N) is 5. The first kappa shape index (κ1) is 20.7. The Hall–Kier alpha value is -2.52. The fourth-order valence-corrected chi connectivity index (χ4v) is 5.27. The van der Waals surface area contributed by atoms with E-state index in [2.05, 4.69) is 15.1 Å². The minimum Gasteiger partial charge on any atom is -0.339 e. The van der Waals surface area contributed by atoms with E-state index < -0.39 is 10.0 Å². The molecule has 1 aliphatic rings. The summed E-state index contributed by atoms with van der Waals surface area (Å²) in [6.07, 6.45) is 5.47. The van der Waals surface area contributed by atoms with E-state index in [1.54, 1.807) is 17.1 Å². The summed E-state index contributed by atoms with van der Waals surface area (Å²) in [7, 11) is -3.61. The van der Waals surface area contributed by atoms with Gasteiger partial charge in [0.15, 0.2) is 5.03 Å². The summed E-state index contributed by atoms with van der Waals surface area (Å²) in [6.45, 7) is 6.93. The summed E-state index contributed by atoms with van der Waals surface area (Å²) in [5.41, 5.74) is 2.03. The molecule has 4 rings (SSSR count). The van der Waals surface area contributed by atoms with E-state index in [4.69, 9.17) is 4.52 Å². The van der Waals surface area contributed by atoms with Gasteiger partial charge in [0.05, 0.1) is 6.33 Å². The van der Waals surface area contributed by atoms with Gasteiger partial charge in [0.1, 0.15) is 0 Å². The number of aromatic nitrogens is 4. The fraction of sp³-hybridized carbons (Fsp3) is 0.476. The Labute approximate surface area is 177 Å². The van der Waals surface area contributed by atoms with Crippen molar-refractivity contribution in [2.75, 3.05) is 13.1 Å². The molecule has 0 radical (unpaired) electrons. The Morgan fingerprint density at radius 1 is 1.27 bits per heavy atom. The van der Waals surface area contributed by atoms with Crippen LogP contribution in [-0.4, -0.2) is 45.5 Å². The first-order chi connectivity index (χ1) is 14.3. The van der Waals surface area contributed by atoms with Crippen LogP contribution in [0.3, 0.4) is 0 Å². The summed E-state index contributed by atoms with van der Waals surface area (Å²) < 4.78 is 34.9. The van der Waals surface area contributed by atoms with Crippen LogP contribution in [0, 0.1) is 12.8 Å². The van der Waals surface area contributed by atoms with Gasteiger partial charge in [-0.3, -0.25) is 0 Å². The van der Waals surface area contributed by atoms with Crippen molar-refractivity contribution in [2.24, 2.45) is 5.92 Å². The number of sulfonamides is 1. The van der Waals surface area contributed by atoms with Gasteiger partial charge in [0.2, 0.25) is 11.7 Å². The second-order valence-corrected chi connectivity index (χ2v) is 10.0. The van der Waals surface area contributed by atoms with Crippen molar-refractivity contribution < 1.29 is 12.9 Å². The number of hydrogen-bond donors (Lipinski definition) is 0. The zero-order valence-electron chi connectivity index (χ0n) is 17.5. The Morgan fingerprint density at radius 2 is 2.07 bits per heavy atom. The third-order valence-electron chi connectivity index (χ3n) is 5.58. The standard InChI is InChI=1S/C21H27N5O3S/c1-15(2)25-13-20(22-14-25)30(27,28)26-10-6-8-17(12-26)11-19-23-21(24-29-19)18-9-5-4-7-16(18)3/h4-5,7,9,13-15,17H,6,8,10-12H2,1-3H3. The summed E-state index contributed by atoms with van der Waals surface area (Å²) in [5, 5.41) is 4.22. The van der Waals surface area contributed by atoms with Crippen LogP contribution >= 0.6 is 0 Å². The number of hydrogen-bond acceptors (Lipinski definition) is 6. The molecular formula is C21H27N5O3S. The predicted molar refractivity (Wildman–Crippen MR) is 112 cm³/mol. The highest BCUT2D eigenvalue weighted by Gasteiger charge is 2.32. The van der Waals surface area contributed by atoms with Gasteiger partial charge in [-0.05, 0) is 45.1 Å². The minimum absolute atomic E-state index is 0.108. The SMILES string of the molecule is Cc1ccccc1-c1noc(CC2CCCN(S(=O)(=O)c3cn(C(C)C)cn3)C2)n1. The summed E-state index contributed by atoms with van der Waals surface area (Å²) in [5.74, 6) is 1.25. The Morgan fingerprint density at radius 3 is 2.80 bits per heavy atom. The summed E-state index contributed by atoms with van der Waals surface area (Å²) in [6, 6.07) is 8.06. The highest BCUT2D eigenvalue weighted by molar-refractivity contribution is 7.89. The average molecular weight is 430 g/mol. The van der Waals surface area contributed by atoms with E-state index in [0.717, 1.165) is 24.0 Å². The number of aryl methyl sites for hydroxylation is 1. The monoisotopic (exact) mass is 429 g/mol. The Balaban J connectivity index is 1.46. The molecule has 1 saturated heterocycles. The van der Waals surface area contributed by atoms with Crippen molar-refractivity contribution in [1.82, 2.24) is 24.0 Å². The maximum Gasteiger partial charge on any atom is 0.262 e. The second-order valence-electron chi connectivity index (χ2n) is 8.15. The van der Waals surface area contributed by atoms with Crippen LogP contribution < -0.4 is 0 Å². The molecule has 0 aliphatic carbocycles. The smallest absolute Gasteiger partial charge is 0.262 e. The van der Waals surface area contributed by atoms with Crippen molar-refractivity contribution >= 4 is 10.0 Å². The predicted octanol–water partition coefficient (Wildman–Crippen LogP) is 3.47. The van der Waals surface area contributed by atoms with Gasteiger partial charge in [-0.15, -0.1) is 0 Å². The van der Waals surface area contributed by atoms with Crippen LogP contribution in [0.15, 0.2) is 46.3 Å². The molecule has 0 N–H and O–H groups in total. The van der Waals surface area contributed by atoms with Crippen LogP contribution in [0.5, 0.6) is 0 Å². The van der Waals surface area contributed by atoms with Crippen LogP contribution in [0.4, 0.5) is 0 Å². The Kier molecular flexibility index (Phi) is 5.75. The van der Waals surface area contributed by atoms with Gasteiger partial charge in [-0.25, -0.2) is 13.4 Å². The summed E-state index contributed by atoms with van der Waals surface area (Å²) in [4.78, 5) is 8.67. The molecule has 1 aromatic carbocycles. The van der Waals surface area contributed by atoms with Gasteiger partial charge in [-0.1, -0.05) is 29.4 Å². The van der Waals surface area contributed by atoms with Crippen LogP contribution in [-0.2, 0) is 16.4 Å². The summed E-state index contributed by atoms with van der Waals surface area (Å²) >= 11 is 0. The number of benzene rings is 1. The van der Waals surface area contributed by atoms with Crippen molar-refractivity contribution in [1.29, 1.82) is 0 Å². The van der Waals surface area contributed by atoms with E-state index in [9.17, 15) is 8.42 Å². The van der Waals surface area contributed by atoms with Crippen LogP contribution in [0.25, 0.3) is 11.4 Å². The molecule has 0 amide bonds. The molecule has 30 heavy (non-hydrogen) atoms. The molecule has 8 nitrogen and oxygen atoms in total. The van der Waals surface area contributed by atoms with Gasteiger partial charge >= 0.3 is 0 Å². The molecule has 1 atom stereocenters. The van der Waals surface area contributed by atoms with Crippen molar-refractivity contribution in [3.8, 4) is 11.4 Å². The molecule has 2 aromatic heterocycles. The molecule has 0 saturated carbocycles. The largest absolute Gasteiger partial charge is 0.339 e. The van der Waals surface area contributed by atoms with Crippen LogP contribution in [0.1, 0.15) is 44.2 Å². The van der Waals surface area contributed by atoms with E-state index in [1.807, 2.05) is 45.0 Å². The molecule has 160 valence electrons. The molecule has 0 spiro atoms. The molecule has 1 unspecified atom stereocenters. The molecule has 3 aromatic rings. The van der Waals surface area contributed by atoms with Crippen molar-refractivity contribution in [3.05, 3.63) is 48.2 Å². The lowest BCUT2D eigenvalue weighted by molar-refractivity contribution is 0.246. The van der Waals surface area contributed by atoms with Gasteiger partial charge in [0, 0.05) is 37.3 Å². The topological polar surface area (TPSA) is 94.1 Å². The first-order valence-electron chi connectivity index (χ1n) is 10.3. The first-order valence-corrected chi connectivity index (χ1v) is 11.7. The van der Waals surface area contributed by atoms with Crippen molar-refractivity contribution in [2.45, 2.75) is 51.1 Å². The molecule has 3 heterocycles. The number of rotatable bonds is 6. The van der Waals surface area contributed by atoms with E-state index in [0.29, 0.717) is 31.2 Å². The van der Waals surface area contributed by atoms with E-state index in [-0.39, 0.29) is 17.0 Å². The average Bonchev–Trinajstić information content (AvgIpc) is 3.39. The van der Waals surface area contributed by atoms with Gasteiger partial charge in [-0.2, -0.15) is 9.29 Å². The van der Waals surface area contributed by atoms with E-state index >= 15 is 0 Å². The number of piperidine rings is 1.